The fraction of sp³-hybridized carbons (Fsp3) is 0.143. The zero-order chi connectivity index (χ0) is 7.28. The van der Waals surface area contributed by atoms with Gasteiger partial charge < -0.3 is 0 Å². The Kier molecular flexibility index (Phi) is 5.48. The van der Waals surface area contributed by atoms with Gasteiger partial charge in [0.25, 0.3) is 0 Å². The van der Waals surface area contributed by atoms with Crippen molar-refractivity contribution in [3.05, 3.63) is 32.9 Å². The van der Waals surface area contributed by atoms with E-state index in [0.717, 1.165) is 8.06 Å². The Morgan fingerprint density at radius 1 is 1.67 bits per heavy atom. The summed E-state index contributed by atoms with van der Waals surface area (Å²) in [6, 6.07) is 0. The van der Waals surface area contributed by atoms with Crippen LogP contribution < -0.4 is 0 Å². The van der Waals surface area contributed by atoms with Crippen LogP contribution >= 0.6 is 38.5 Å². The van der Waals surface area contributed by atoms with Gasteiger partial charge in [0.1, 0.15) is 0 Å². The predicted molar refractivity (Wildman–Crippen MR) is 55.0 cm³/mol. The molecule has 0 amide bonds. The van der Waals surface area contributed by atoms with E-state index in [1.165, 1.54) is 0 Å². The van der Waals surface area contributed by atoms with Crippen LogP contribution in [0, 0.1) is 0 Å². The molecule has 0 atom stereocenters. The number of hydrogen-bond donors (Lipinski definition) is 0. The molecule has 0 unspecified atom stereocenters. The average molecular weight is 299 g/mol. The van der Waals surface area contributed by atoms with Crippen molar-refractivity contribution >= 4 is 38.5 Å². The summed E-state index contributed by atoms with van der Waals surface area (Å²) >= 11 is 5.51. The SMILES string of the molecule is C=C(I)/C(Br)=C\C=C\C. The molecule has 0 aliphatic heterocycles. The second kappa shape index (κ2) is 5.23. The summed E-state index contributed by atoms with van der Waals surface area (Å²) in [5.74, 6) is 0. The molecule has 0 fully saturated rings. The third-order valence-electron chi connectivity index (χ3n) is 0.694. The first-order valence-corrected chi connectivity index (χ1v) is 4.39. The second-order valence-corrected chi connectivity index (χ2v) is 3.60. The molecule has 0 nitrogen and oxygen atoms in total. The summed E-state index contributed by atoms with van der Waals surface area (Å²) in [5.41, 5.74) is 0. The molecule has 0 saturated heterocycles. The van der Waals surface area contributed by atoms with Crippen molar-refractivity contribution in [1.29, 1.82) is 0 Å². The maximum atomic E-state index is 3.75. The molecule has 0 spiro atoms. The number of rotatable bonds is 2. The van der Waals surface area contributed by atoms with Gasteiger partial charge in [-0.25, -0.2) is 0 Å². The lowest BCUT2D eigenvalue weighted by atomic mass is 10.4. The molecule has 0 heterocycles. The van der Waals surface area contributed by atoms with Crippen molar-refractivity contribution in [3.63, 3.8) is 0 Å². The molecule has 0 bridgehead atoms. The van der Waals surface area contributed by atoms with Crippen molar-refractivity contribution in [2.45, 2.75) is 6.92 Å². The first kappa shape index (κ1) is 9.43. The molecule has 0 rings (SSSR count). The van der Waals surface area contributed by atoms with Gasteiger partial charge in [0.2, 0.25) is 0 Å². The molecule has 0 aliphatic carbocycles. The minimum absolute atomic E-state index is 1.02. The molecule has 0 saturated carbocycles. The van der Waals surface area contributed by atoms with Crippen LogP contribution in [-0.2, 0) is 0 Å². The van der Waals surface area contributed by atoms with E-state index >= 15 is 0 Å². The topological polar surface area (TPSA) is 0 Å². The van der Waals surface area contributed by atoms with Crippen LogP contribution in [0.1, 0.15) is 6.92 Å². The Balaban J connectivity index is 4.00. The lowest BCUT2D eigenvalue weighted by molar-refractivity contribution is 1.73. The molecule has 0 radical (unpaired) electrons. The summed E-state index contributed by atoms with van der Waals surface area (Å²) in [7, 11) is 0. The molecule has 0 aliphatic rings. The van der Waals surface area contributed by atoms with E-state index in [0.29, 0.717) is 0 Å². The van der Waals surface area contributed by atoms with Crippen LogP contribution in [0.3, 0.4) is 0 Å². The zero-order valence-corrected chi connectivity index (χ0v) is 8.94. The summed E-state index contributed by atoms with van der Waals surface area (Å²) in [6.45, 7) is 5.72. The van der Waals surface area contributed by atoms with E-state index in [4.69, 9.17) is 0 Å². The van der Waals surface area contributed by atoms with Crippen molar-refractivity contribution in [1.82, 2.24) is 0 Å². The van der Waals surface area contributed by atoms with Gasteiger partial charge in [-0.3, -0.25) is 0 Å². The van der Waals surface area contributed by atoms with Crippen LogP contribution in [-0.4, -0.2) is 0 Å². The molecular formula is C7H8BrI. The van der Waals surface area contributed by atoms with Crippen molar-refractivity contribution in [2.75, 3.05) is 0 Å². The van der Waals surface area contributed by atoms with E-state index in [9.17, 15) is 0 Å². The van der Waals surface area contributed by atoms with E-state index in [1.54, 1.807) is 0 Å². The van der Waals surface area contributed by atoms with Gasteiger partial charge in [0, 0.05) is 8.06 Å². The van der Waals surface area contributed by atoms with Crippen LogP contribution in [0.2, 0.25) is 0 Å². The molecule has 0 N–H and O–H groups in total. The summed E-state index contributed by atoms with van der Waals surface area (Å²) in [6.07, 6.45) is 5.91. The van der Waals surface area contributed by atoms with E-state index < -0.39 is 0 Å². The summed E-state index contributed by atoms with van der Waals surface area (Å²) in [5, 5.41) is 0. The van der Waals surface area contributed by atoms with Crippen LogP contribution in [0.5, 0.6) is 0 Å². The largest absolute Gasteiger partial charge is 0.0876 e. The molecule has 0 aromatic carbocycles. The highest BCUT2D eigenvalue weighted by molar-refractivity contribution is 14.1. The highest BCUT2D eigenvalue weighted by Crippen LogP contribution is 2.20. The number of hydrogen-bond acceptors (Lipinski definition) is 0. The monoisotopic (exact) mass is 298 g/mol. The lowest BCUT2D eigenvalue weighted by Crippen LogP contribution is -1.63. The average Bonchev–Trinajstić information content (AvgIpc) is 1.82. The normalized spacial score (nSPS) is 12.6. The van der Waals surface area contributed by atoms with Crippen molar-refractivity contribution < 1.29 is 0 Å². The van der Waals surface area contributed by atoms with Gasteiger partial charge in [-0.15, -0.1) is 0 Å². The molecule has 2 heteroatoms. The third-order valence-corrected chi connectivity index (χ3v) is 2.76. The predicted octanol–water partition coefficient (Wildman–Crippen LogP) is 3.79. The van der Waals surface area contributed by atoms with E-state index in [1.807, 2.05) is 25.2 Å². The smallest absolute Gasteiger partial charge is 0.0302 e. The number of halogens is 2. The van der Waals surface area contributed by atoms with Gasteiger partial charge in [0.15, 0.2) is 0 Å². The highest BCUT2D eigenvalue weighted by Gasteiger charge is 1.87. The maximum Gasteiger partial charge on any atom is 0.0302 e. The van der Waals surface area contributed by atoms with Crippen LogP contribution in [0.15, 0.2) is 32.9 Å². The Morgan fingerprint density at radius 2 is 2.22 bits per heavy atom. The van der Waals surface area contributed by atoms with Gasteiger partial charge in [-0.1, -0.05) is 18.7 Å². The molecule has 50 valence electrons. The first-order valence-electron chi connectivity index (χ1n) is 2.51. The Morgan fingerprint density at radius 3 is 2.56 bits per heavy atom. The van der Waals surface area contributed by atoms with Gasteiger partial charge in [0.05, 0.1) is 0 Å². The zero-order valence-electron chi connectivity index (χ0n) is 5.20. The lowest BCUT2D eigenvalue weighted by Gasteiger charge is -1.88. The Hall–Kier alpha value is 0.430. The summed E-state index contributed by atoms with van der Waals surface area (Å²) in [4.78, 5) is 0. The Bertz CT molecular complexity index is 156. The van der Waals surface area contributed by atoms with Crippen molar-refractivity contribution in [3.8, 4) is 0 Å². The Labute approximate surface area is 78.0 Å². The molecule has 0 aromatic rings. The first-order chi connectivity index (χ1) is 4.18. The standard InChI is InChI=1S/C7H8BrI/c1-3-4-5-7(8)6(2)9/h3-5H,2H2,1H3/b4-3+,7-5+. The highest BCUT2D eigenvalue weighted by atomic mass is 127. The fourth-order valence-corrected chi connectivity index (χ4v) is 0.604. The van der Waals surface area contributed by atoms with Crippen LogP contribution in [0.25, 0.3) is 0 Å². The minimum Gasteiger partial charge on any atom is -0.0876 e. The van der Waals surface area contributed by atoms with E-state index in [-0.39, 0.29) is 0 Å². The van der Waals surface area contributed by atoms with Crippen LogP contribution in [0.4, 0.5) is 0 Å². The summed E-state index contributed by atoms with van der Waals surface area (Å²) < 4.78 is 2.06. The fourth-order valence-electron chi connectivity index (χ4n) is 0.271. The van der Waals surface area contributed by atoms with Gasteiger partial charge >= 0.3 is 0 Å². The third kappa shape index (κ3) is 4.90. The minimum atomic E-state index is 1.02. The van der Waals surface area contributed by atoms with E-state index in [2.05, 4.69) is 45.1 Å². The van der Waals surface area contributed by atoms with Crippen molar-refractivity contribution in [2.24, 2.45) is 0 Å². The maximum absolute atomic E-state index is 3.75. The quantitative estimate of drug-likeness (QED) is 0.537. The molecule has 0 aromatic heterocycles. The molecule has 9 heavy (non-hydrogen) atoms. The van der Waals surface area contributed by atoms with Gasteiger partial charge in [-0.2, -0.15) is 0 Å². The second-order valence-electron chi connectivity index (χ2n) is 1.45. The van der Waals surface area contributed by atoms with Gasteiger partial charge in [-0.05, 0) is 51.5 Å². The molecular weight excluding hydrogens is 291 g/mol. The number of allylic oxidation sites excluding steroid dienone is 5.